The van der Waals surface area contributed by atoms with Crippen molar-refractivity contribution in [3.05, 3.63) is 7.43 Å². The van der Waals surface area contributed by atoms with Crippen molar-refractivity contribution in [2.45, 2.75) is 20.8 Å². The van der Waals surface area contributed by atoms with Gasteiger partial charge in [-0.25, -0.2) is 0 Å². The van der Waals surface area contributed by atoms with Crippen LogP contribution in [0.5, 0.6) is 0 Å². The van der Waals surface area contributed by atoms with E-state index in [0.717, 1.165) is 0 Å². The smallest absolute Gasteiger partial charge is 0.855 e. The summed E-state index contributed by atoms with van der Waals surface area (Å²) >= 11 is 0. The molecule has 0 radical (unpaired) electrons. The quantitative estimate of drug-likeness (QED) is 0.487. The van der Waals surface area contributed by atoms with Crippen molar-refractivity contribution >= 4 is 0 Å². The maximum Gasteiger partial charge on any atom is 4.00 e. The van der Waals surface area contributed by atoms with Gasteiger partial charge in [-0.3, -0.25) is 0 Å². The summed E-state index contributed by atoms with van der Waals surface area (Å²) in [5.74, 6) is 0. The van der Waals surface area contributed by atoms with Crippen molar-refractivity contribution in [3.63, 3.8) is 0 Å². The molecule has 0 aromatic rings. The summed E-state index contributed by atoms with van der Waals surface area (Å²) in [7, 11) is 0. The van der Waals surface area contributed by atoms with Gasteiger partial charge in [-0.2, -0.15) is 0 Å². The van der Waals surface area contributed by atoms with E-state index in [9.17, 15) is 0 Å². The molecule has 0 aliphatic rings. The Kier molecular flexibility index (Phi) is 196. The molecule has 0 N–H and O–H groups in total. The number of hydrogen-bond donors (Lipinski definition) is 0. The molecule has 0 aliphatic carbocycles. The minimum absolute atomic E-state index is 0. The van der Waals surface area contributed by atoms with E-state index in [0.29, 0.717) is 0 Å². The Morgan fingerprint density at radius 3 is 0.727 bits per heavy atom. The minimum atomic E-state index is 0. The summed E-state index contributed by atoms with van der Waals surface area (Å²) in [6, 6.07) is 0. The van der Waals surface area contributed by atoms with Crippen LogP contribution < -0.4 is 15.3 Å². The van der Waals surface area contributed by atoms with Gasteiger partial charge in [0.25, 0.3) is 0 Å². The summed E-state index contributed by atoms with van der Waals surface area (Å²) in [5.41, 5.74) is 0. The van der Waals surface area contributed by atoms with Gasteiger partial charge in [0.1, 0.15) is 0 Å². The summed E-state index contributed by atoms with van der Waals surface area (Å²) in [6.07, 6.45) is 0. The Labute approximate surface area is 89.6 Å². The first kappa shape index (κ1) is 29.8. The van der Waals surface area contributed by atoms with Crippen LogP contribution in [0.25, 0.3) is 0 Å². The van der Waals surface area contributed by atoms with E-state index in [1.165, 1.54) is 0 Å². The largest absolute Gasteiger partial charge is 4.00 e. The zero-order chi connectivity index (χ0) is 8.12. The van der Waals surface area contributed by atoms with Gasteiger partial charge in [0.05, 0.1) is 0 Å². The van der Waals surface area contributed by atoms with Gasteiger partial charge in [0.15, 0.2) is 0 Å². The fraction of sp³-hybridized carbons (Fsp3) is 0.857. The van der Waals surface area contributed by atoms with Crippen molar-refractivity contribution in [1.82, 2.24) is 0 Å². The molecule has 0 spiro atoms. The average molecular weight is 241 g/mol. The monoisotopic (exact) mass is 240 g/mol. The molecule has 4 heteroatoms. The first-order valence-corrected chi connectivity index (χ1v) is 2.99. The van der Waals surface area contributed by atoms with E-state index in [1.54, 1.807) is 20.8 Å². The predicted octanol–water partition coefficient (Wildman–Crippen LogP) is -1.45. The maximum atomic E-state index is 8.93. The molecule has 0 heterocycles. The third-order valence-corrected chi connectivity index (χ3v) is 0. The topological polar surface area (TPSA) is 69.2 Å². The van der Waals surface area contributed by atoms with Gasteiger partial charge in [-0.1, -0.05) is 20.8 Å². The number of rotatable bonds is 0. The predicted molar refractivity (Wildman–Crippen MR) is 38.0 cm³/mol. The summed E-state index contributed by atoms with van der Waals surface area (Å²) in [6.45, 7) is 4.71. The first-order chi connectivity index (χ1) is 4.24. The van der Waals surface area contributed by atoms with Crippen molar-refractivity contribution in [2.75, 3.05) is 19.8 Å². The third kappa shape index (κ3) is 1420. The molecule has 3 nitrogen and oxygen atoms in total. The molecule has 11 heavy (non-hydrogen) atoms. The summed E-state index contributed by atoms with van der Waals surface area (Å²) in [5, 5.41) is 26.8. The van der Waals surface area contributed by atoms with Crippen LogP contribution in [0.2, 0.25) is 0 Å². The van der Waals surface area contributed by atoms with Crippen LogP contribution in [-0.2, 0) is 26.2 Å². The van der Waals surface area contributed by atoms with Crippen LogP contribution in [0.1, 0.15) is 20.8 Å². The van der Waals surface area contributed by atoms with E-state index < -0.39 is 0 Å². The SMILES string of the molecule is CC[O-].CC[O-].CC[O-].[CH3-].[Zr+4]. The fourth-order valence-corrected chi connectivity index (χ4v) is 0. The molecule has 0 saturated carbocycles. The Morgan fingerprint density at radius 1 is 0.727 bits per heavy atom. The second-order valence-corrected chi connectivity index (χ2v) is 0.866. The zero-order valence-corrected chi connectivity index (χ0v) is 10.3. The van der Waals surface area contributed by atoms with Crippen LogP contribution in [0, 0.1) is 7.43 Å². The van der Waals surface area contributed by atoms with E-state index in [1.807, 2.05) is 0 Å². The molecular weight excluding hydrogens is 223 g/mol. The second kappa shape index (κ2) is 72.4. The molecule has 0 aromatic heterocycles. The van der Waals surface area contributed by atoms with E-state index >= 15 is 0 Å². The molecule has 0 saturated heterocycles. The van der Waals surface area contributed by atoms with Crippen LogP contribution in [0.15, 0.2) is 0 Å². The van der Waals surface area contributed by atoms with Crippen molar-refractivity contribution in [2.24, 2.45) is 0 Å². The third-order valence-electron chi connectivity index (χ3n) is 0. The molecule has 0 aromatic carbocycles. The maximum absolute atomic E-state index is 8.93. The van der Waals surface area contributed by atoms with Gasteiger partial charge in [0, 0.05) is 0 Å². The van der Waals surface area contributed by atoms with Crippen molar-refractivity contribution in [1.29, 1.82) is 0 Å². The minimum Gasteiger partial charge on any atom is -0.855 e. The van der Waals surface area contributed by atoms with Crippen molar-refractivity contribution in [3.8, 4) is 0 Å². The molecule has 0 aliphatic heterocycles. The zero-order valence-electron chi connectivity index (χ0n) is 7.85. The van der Waals surface area contributed by atoms with Gasteiger partial charge in [0.2, 0.25) is 0 Å². The standard InChI is InChI=1S/3C2H5O.CH3.Zr/c3*1-2-3;;/h3*2H2,1H3;1H3;/q4*-1;+4. The van der Waals surface area contributed by atoms with Crippen molar-refractivity contribution < 1.29 is 41.5 Å². The van der Waals surface area contributed by atoms with E-state index in [-0.39, 0.29) is 53.5 Å². The van der Waals surface area contributed by atoms with Gasteiger partial charge in [-0.15, -0.1) is 19.8 Å². The van der Waals surface area contributed by atoms with Crippen LogP contribution in [0.4, 0.5) is 0 Å². The molecule has 0 bridgehead atoms. The molecule has 0 fully saturated rings. The van der Waals surface area contributed by atoms with E-state index in [4.69, 9.17) is 15.3 Å². The van der Waals surface area contributed by atoms with Gasteiger partial charge >= 0.3 is 26.2 Å². The summed E-state index contributed by atoms with van der Waals surface area (Å²) < 4.78 is 0. The van der Waals surface area contributed by atoms with Crippen LogP contribution in [-0.4, -0.2) is 19.8 Å². The van der Waals surface area contributed by atoms with E-state index in [2.05, 4.69) is 0 Å². The second-order valence-electron chi connectivity index (χ2n) is 0.866. The van der Waals surface area contributed by atoms with Gasteiger partial charge < -0.3 is 22.7 Å². The fourth-order valence-electron chi connectivity index (χ4n) is 0. The Bertz CT molecular complexity index is 18.4. The van der Waals surface area contributed by atoms with Crippen LogP contribution in [0.3, 0.4) is 0 Å². The molecule has 68 valence electrons. The average Bonchev–Trinajstić information content (AvgIpc) is 1.70. The van der Waals surface area contributed by atoms with Crippen LogP contribution >= 0.6 is 0 Å². The number of hydrogen-bond acceptors (Lipinski definition) is 3. The Balaban J connectivity index is -0.0000000150. The molecule has 0 unspecified atom stereocenters. The van der Waals surface area contributed by atoms with Gasteiger partial charge in [-0.05, 0) is 0 Å². The Hall–Kier alpha value is 0.763. The first-order valence-electron chi connectivity index (χ1n) is 2.99. The normalized spacial score (nSPS) is 4.91. The summed E-state index contributed by atoms with van der Waals surface area (Å²) in [4.78, 5) is 0. The molecule has 0 atom stereocenters. The molecular formula is C7H18O3Zr. The Morgan fingerprint density at radius 2 is 0.727 bits per heavy atom. The molecule has 0 rings (SSSR count). The molecule has 0 amide bonds.